The lowest BCUT2D eigenvalue weighted by Gasteiger charge is -2.19. The van der Waals surface area contributed by atoms with Crippen LogP contribution in [0.4, 0.5) is 0 Å². The monoisotopic (exact) mass is 335 g/mol. The Morgan fingerprint density at radius 2 is 2.11 bits per heavy atom. The largest absolute Gasteiger partial charge is 0.480 e. The molecule has 0 saturated heterocycles. The Hall–Kier alpha value is -0.920. The van der Waals surface area contributed by atoms with E-state index in [0.29, 0.717) is 0 Å². The van der Waals surface area contributed by atoms with Crippen LogP contribution in [0.2, 0.25) is 0 Å². The van der Waals surface area contributed by atoms with Gasteiger partial charge in [0.25, 0.3) is 0 Å². The second kappa shape index (κ2) is 5.81. The highest BCUT2D eigenvalue weighted by Crippen LogP contribution is 2.16. The van der Waals surface area contributed by atoms with Crippen molar-refractivity contribution in [2.45, 2.75) is 18.7 Å². The molecule has 0 aliphatic rings. The summed E-state index contributed by atoms with van der Waals surface area (Å²) in [6.45, 7) is 1.30. The zero-order valence-corrected chi connectivity index (χ0v) is 12.4. The molecule has 18 heavy (non-hydrogen) atoms. The molecule has 1 rings (SSSR count). The lowest BCUT2D eigenvalue weighted by atomic mass is 10.2. The van der Waals surface area contributed by atoms with Crippen molar-refractivity contribution in [3.63, 3.8) is 0 Å². The molecule has 0 aliphatic heterocycles. The SMILES string of the molecule is CC(C(=O)O)S(=O)(=O)N(C)Cc1cccc(Br)c1. The van der Waals surface area contributed by atoms with Gasteiger partial charge in [0.15, 0.2) is 5.25 Å². The number of halogens is 1. The fraction of sp³-hybridized carbons (Fsp3) is 0.364. The predicted octanol–water partition coefficient (Wildman–Crippen LogP) is 1.68. The smallest absolute Gasteiger partial charge is 0.323 e. The van der Waals surface area contributed by atoms with Crippen molar-refractivity contribution in [2.24, 2.45) is 0 Å². The molecule has 1 aromatic carbocycles. The van der Waals surface area contributed by atoms with E-state index < -0.39 is 21.2 Å². The first-order valence-electron chi connectivity index (χ1n) is 5.17. The second-order valence-electron chi connectivity index (χ2n) is 3.91. The Labute approximate surface area is 115 Å². The number of benzene rings is 1. The molecule has 100 valence electrons. The zero-order valence-electron chi connectivity index (χ0n) is 10.00. The van der Waals surface area contributed by atoms with Gasteiger partial charge in [0.2, 0.25) is 10.0 Å². The average Bonchev–Trinajstić information content (AvgIpc) is 2.27. The van der Waals surface area contributed by atoms with Crippen molar-refractivity contribution in [1.29, 1.82) is 0 Å². The standard InChI is InChI=1S/C11H14BrNO4S/c1-8(11(14)15)18(16,17)13(2)7-9-4-3-5-10(12)6-9/h3-6,8H,7H2,1-2H3,(H,14,15). The number of hydrogen-bond donors (Lipinski definition) is 1. The third-order valence-corrected chi connectivity index (χ3v) is 5.11. The van der Waals surface area contributed by atoms with Crippen molar-refractivity contribution >= 4 is 31.9 Å². The fourth-order valence-corrected chi connectivity index (χ4v) is 2.95. The van der Waals surface area contributed by atoms with E-state index in [9.17, 15) is 13.2 Å². The third kappa shape index (κ3) is 3.54. The van der Waals surface area contributed by atoms with Gasteiger partial charge in [-0.05, 0) is 24.6 Å². The molecule has 1 aromatic rings. The maximum Gasteiger partial charge on any atom is 0.323 e. The van der Waals surface area contributed by atoms with Crippen LogP contribution in [0.5, 0.6) is 0 Å². The molecule has 0 bridgehead atoms. The highest BCUT2D eigenvalue weighted by Gasteiger charge is 2.31. The van der Waals surface area contributed by atoms with Gasteiger partial charge in [0.1, 0.15) is 0 Å². The highest BCUT2D eigenvalue weighted by molar-refractivity contribution is 9.10. The topological polar surface area (TPSA) is 74.7 Å². The number of carboxylic acids is 1. The number of sulfonamides is 1. The number of carbonyl (C=O) groups is 1. The lowest BCUT2D eigenvalue weighted by Crippen LogP contribution is -2.38. The maximum absolute atomic E-state index is 11.9. The molecule has 1 atom stereocenters. The summed E-state index contributed by atoms with van der Waals surface area (Å²) in [4.78, 5) is 10.7. The summed E-state index contributed by atoms with van der Waals surface area (Å²) in [7, 11) is -2.46. The number of carboxylic acid groups (broad SMARTS) is 1. The lowest BCUT2D eigenvalue weighted by molar-refractivity contribution is -0.136. The van der Waals surface area contributed by atoms with E-state index >= 15 is 0 Å². The third-order valence-electron chi connectivity index (χ3n) is 2.52. The van der Waals surface area contributed by atoms with Crippen LogP contribution < -0.4 is 0 Å². The van der Waals surface area contributed by atoms with Crippen molar-refractivity contribution in [3.05, 3.63) is 34.3 Å². The molecule has 0 spiro atoms. The highest BCUT2D eigenvalue weighted by atomic mass is 79.9. The predicted molar refractivity (Wildman–Crippen MR) is 71.6 cm³/mol. The van der Waals surface area contributed by atoms with Crippen LogP contribution in [-0.2, 0) is 21.4 Å². The molecule has 0 radical (unpaired) electrons. The summed E-state index contributed by atoms with van der Waals surface area (Å²) in [6, 6.07) is 7.19. The first-order valence-corrected chi connectivity index (χ1v) is 7.47. The molecular formula is C11H14BrNO4S. The van der Waals surface area contributed by atoms with E-state index in [4.69, 9.17) is 5.11 Å². The maximum atomic E-state index is 11.9. The van der Waals surface area contributed by atoms with Gasteiger partial charge < -0.3 is 5.11 Å². The van der Waals surface area contributed by atoms with Crippen LogP contribution in [0.3, 0.4) is 0 Å². The molecule has 0 amide bonds. The van der Waals surface area contributed by atoms with Crippen LogP contribution in [0.15, 0.2) is 28.7 Å². The van der Waals surface area contributed by atoms with Gasteiger partial charge >= 0.3 is 5.97 Å². The van der Waals surface area contributed by atoms with E-state index in [1.807, 2.05) is 6.07 Å². The average molecular weight is 336 g/mol. The van der Waals surface area contributed by atoms with Crippen LogP contribution in [0.25, 0.3) is 0 Å². The molecule has 0 fully saturated rings. The molecule has 1 unspecified atom stereocenters. The first-order chi connectivity index (χ1) is 8.25. The molecule has 1 N–H and O–H groups in total. The Morgan fingerprint density at radius 1 is 1.50 bits per heavy atom. The van der Waals surface area contributed by atoms with Crippen molar-refractivity contribution in [2.75, 3.05) is 7.05 Å². The number of rotatable bonds is 5. The molecular weight excluding hydrogens is 322 g/mol. The molecule has 7 heteroatoms. The Kier molecular flexibility index (Phi) is 4.89. The van der Waals surface area contributed by atoms with Crippen LogP contribution in [0, 0.1) is 0 Å². The minimum Gasteiger partial charge on any atom is -0.480 e. The number of nitrogens with zero attached hydrogens (tertiary/aromatic N) is 1. The van der Waals surface area contributed by atoms with E-state index in [-0.39, 0.29) is 6.54 Å². The van der Waals surface area contributed by atoms with Crippen molar-refractivity contribution < 1.29 is 18.3 Å². The number of aliphatic carboxylic acids is 1. The van der Waals surface area contributed by atoms with Crippen LogP contribution in [-0.4, -0.2) is 36.1 Å². The van der Waals surface area contributed by atoms with Gasteiger partial charge in [-0.1, -0.05) is 28.1 Å². The number of hydrogen-bond acceptors (Lipinski definition) is 3. The second-order valence-corrected chi connectivity index (χ2v) is 7.19. The molecule has 0 heterocycles. The van der Waals surface area contributed by atoms with E-state index in [1.165, 1.54) is 7.05 Å². The van der Waals surface area contributed by atoms with Gasteiger partial charge in [-0.25, -0.2) is 8.42 Å². The summed E-state index contributed by atoms with van der Waals surface area (Å²) in [5.41, 5.74) is 0.785. The minimum absolute atomic E-state index is 0.138. The van der Waals surface area contributed by atoms with Crippen LogP contribution >= 0.6 is 15.9 Å². The van der Waals surface area contributed by atoms with Crippen molar-refractivity contribution in [3.8, 4) is 0 Å². The van der Waals surface area contributed by atoms with Gasteiger partial charge in [0, 0.05) is 18.1 Å². The fourth-order valence-electron chi connectivity index (χ4n) is 1.38. The van der Waals surface area contributed by atoms with Gasteiger partial charge in [-0.2, -0.15) is 4.31 Å². The first kappa shape index (κ1) is 15.1. The summed E-state index contributed by atoms with van der Waals surface area (Å²) < 4.78 is 25.7. The minimum atomic E-state index is -3.83. The van der Waals surface area contributed by atoms with E-state index in [2.05, 4.69) is 15.9 Å². The summed E-state index contributed by atoms with van der Waals surface area (Å²) in [5.74, 6) is -1.35. The molecule has 5 nitrogen and oxygen atoms in total. The zero-order chi connectivity index (χ0) is 13.9. The summed E-state index contributed by atoms with van der Waals surface area (Å²) in [5, 5.41) is 7.31. The van der Waals surface area contributed by atoms with Crippen LogP contribution in [0.1, 0.15) is 12.5 Å². The van der Waals surface area contributed by atoms with E-state index in [0.717, 1.165) is 21.3 Å². The molecule has 0 aliphatic carbocycles. The van der Waals surface area contributed by atoms with E-state index in [1.54, 1.807) is 18.2 Å². The Morgan fingerprint density at radius 3 is 2.61 bits per heavy atom. The van der Waals surface area contributed by atoms with Gasteiger partial charge in [0.05, 0.1) is 0 Å². The van der Waals surface area contributed by atoms with Crippen molar-refractivity contribution in [1.82, 2.24) is 4.31 Å². The van der Waals surface area contributed by atoms with Gasteiger partial charge in [-0.3, -0.25) is 4.79 Å². The Balaban J connectivity index is 2.89. The molecule has 0 saturated carbocycles. The summed E-state index contributed by atoms with van der Waals surface area (Å²) in [6.07, 6.45) is 0. The molecule has 0 aromatic heterocycles. The summed E-state index contributed by atoms with van der Waals surface area (Å²) >= 11 is 3.29. The quantitative estimate of drug-likeness (QED) is 0.888. The van der Waals surface area contributed by atoms with Gasteiger partial charge in [-0.15, -0.1) is 0 Å². The normalized spacial score (nSPS) is 13.6. The Bertz CT molecular complexity index is 544.